The molecule has 0 saturated heterocycles. The zero-order chi connectivity index (χ0) is 30.3. The number of methoxy groups -OCH3 is 1. The number of urea groups is 1. The van der Waals surface area contributed by atoms with E-state index in [-0.39, 0.29) is 35.7 Å². The summed E-state index contributed by atoms with van der Waals surface area (Å²) in [6.45, 7) is 17.5. The van der Waals surface area contributed by atoms with E-state index in [2.05, 4.69) is 59.1 Å². The highest BCUT2D eigenvalue weighted by atomic mass is 16.5. The van der Waals surface area contributed by atoms with E-state index >= 15 is 0 Å². The summed E-state index contributed by atoms with van der Waals surface area (Å²) in [5.41, 5.74) is 5.54. The Kier molecular flexibility index (Phi) is 10.7. The monoisotopic (exact) mass is 561 g/mol. The number of hydrogen-bond acceptors (Lipinski definition) is 4. The second-order valence-corrected chi connectivity index (χ2v) is 12.2. The van der Waals surface area contributed by atoms with Gasteiger partial charge in [0.1, 0.15) is 12.4 Å². The Morgan fingerprint density at radius 2 is 1.61 bits per heavy atom. The Labute approximate surface area is 245 Å². The maximum atomic E-state index is 13.7. The first kappa shape index (κ1) is 31.9. The van der Waals surface area contributed by atoms with Crippen molar-refractivity contribution in [2.75, 3.05) is 37.4 Å². The minimum absolute atomic E-state index is 0.111. The fourth-order valence-corrected chi connectivity index (χ4v) is 4.71. The SMILES string of the molecule is COCCCN(CC(=O)Nc1cc(C(C)(C)C)nn1-c1ccccc1C)C(=O)Nc1c(C(C)C)cccc1C(C)C. The van der Waals surface area contributed by atoms with Crippen LogP contribution in [0.1, 0.15) is 89.1 Å². The van der Waals surface area contributed by atoms with Crippen LogP contribution in [0.15, 0.2) is 48.5 Å². The summed E-state index contributed by atoms with van der Waals surface area (Å²) < 4.78 is 7.01. The number of aryl methyl sites for hydroxylation is 1. The zero-order valence-corrected chi connectivity index (χ0v) is 26.2. The topological polar surface area (TPSA) is 88.5 Å². The lowest BCUT2D eigenvalue weighted by Crippen LogP contribution is -2.42. The van der Waals surface area contributed by atoms with Crippen LogP contribution >= 0.6 is 0 Å². The van der Waals surface area contributed by atoms with Gasteiger partial charge < -0.3 is 20.3 Å². The van der Waals surface area contributed by atoms with E-state index in [1.807, 2.05) is 55.5 Å². The van der Waals surface area contributed by atoms with Gasteiger partial charge in [0.05, 0.1) is 11.4 Å². The van der Waals surface area contributed by atoms with Crippen LogP contribution in [0.25, 0.3) is 5.69 Å². The average Bonchev–Trinajstić information content (AvgIpc) is 3.32. The molecular weight excluding hydrogens is 514 g/mol. The maximum Gasteiger partial charge on any atom is 0.322 e. The Hall–Kier alpha value is -3.65. The summed E-state index contributed by atoms with van der Waals surface area (Å²) in [5, 5.41) is 11.0. The van der Waals surface area contributed by atoms with Crippen molar-refractivity contribution in [1.82, 2.24) is 14.7 Å². The minimum atomic E-state index is -0.311. The molecule has 0 atom stereocenters. The molecule has 41 heavy (non-hydrogen) atoms. The molecule has 222 valence electrons. The second-order valence-electron chi connectivity index (χ2n) is 12.2. The number of ether oxygens (including phenoxy) is 1. The van der Waals surface area contributed by atoms with Gasteiger partial charge >= 0.3 is 6.03 Å². The Morgan fingerprint density at radius 1 is 0.976 bits per heavy atom. The summed E-state index contributed by atoms with van der Waals surface area (Å²) in [6.07, 6.45) is 0.607. The van der Waals surface area contributed by atoms with Crippen molar-refractivity contribution in [3.8, 4) is 5.69 Å². The molecule has 0 fully saturated rings. The van der Waals surface area contributed by atoms with Gasteiger partial charge in [0.25, 0.3) is 0 Å². The summed E-state index contributed by atoms with van der Waals surface area (Å²) >= 11 is 0. The molecule has 0 aliphatic heterocycles. The molecule has 8 nitrogen and oxygen atoms in total. The smallest absolute Gasteiger partial charge is 0.322 e. The number of carbonyl (C=O) groups excluding carboxylic acids is 2. The van der Waals surface area contributed by atoms with Crippen molar-refractivity contribution in [1.29, 1.82) is 0 Å². The van der Waals surface area contributed by atoms with Gasteiger partial charge in [-0.2, -0.15) is 5.10 Å². The number of anilines is 2. The number of carbonyl (C=O) groups is 2. The summed E-state index contributed by atoms with van der Waals surface area (Å²) in [7, 11) is 1.63. The van der Waals surface area contributed by atoms with Crippen LogP contribution in [0.2, 0.25) is 0 Å². The van der Waals surface area contributed by atoms with Gasteiger partial charge in [-0.15, -0.1) is 0 Å². The number of amides is 3. The quantitative estimate of drug-likeness (QED) is 0.242. The van der Waals surface area contributed by atoms with E-state index in [1.54, 1.807) is 16.7 Å². The van der Waals surface area contributed by atoms with Gasteiger partial charge in [-0.1, -0.05) is 84.9 Å². The van der Waals surface area contributed by atoms with Crippen molar-refractivity contribution < 1.29 is 14.3 Å². The van der Waals surface area contributed by atoms with Crippen molar-refractivity contribution in [3.05, 3.63) is 70.9 Å². The lowest BCUT2D eigenvalue weighted by molar-refractivity contribution is -0.116. The first-order chi connectivity index (χ1) is 19.3. The largest absolute Gasteiger partial charge is 0.385 e. The molecule has 0 aliphatic carbocycles. The molecule has 1 heterocycles. The van der Waals surface area contributed by atoms with Gasteiger partial charge in [0, 0.05) is 37.4 Å². The van der Waals surface area contributed by atoms with E-state index in [0.717, 1.165) is 33.8 Å². The van der Waals surface area contributed by atoms with E-state index in [4.69, 9.17) is 9.84 Å². The van der Waals surface area contributed by atoms with Crippen molar-refractivity contribution >= 4 is 23.4 Å². The molecular formula is C33H47N5O3. The van der Waals surface area contributed by atoms with Crippen LogP contribution in [0, 0.1) is 6.92 Å². The second kappa shape index (κ2) is 13.8. The van der Waals surface area contributed by atoms with E-state index in [1.165, 1.54) is 0 Å². The normalized spacial score (nSPS) is 11.7. The van der Waals surface area contributed by atoms with Gasteiger partial charge in [0.2, 0.25) is 5.91 Å². The third-order valence-corrected chi connectivity index (χ3v) is 7.09. The molecule has 8 heteroatoms. The average molecular weight is 562 g/mol. The highest BCUT2D eigenvalue weighted by Crippen LogP contribution is 2.33. The molecule has 0 radical (unpaired) electrons. The number of hydrogen-bond donors (Lipinski definition) is 2. The number of nitrogens with zero attached hydrogens (tertiary/aromatic N) is 3. The van der Waals surface area contributed by atoms with E-state index in [9.17, 15) is 9.59 Å². The zero-order valence-electron chi connectivity index (χ0n) is 26.2. The molecule has 0 unspecified atom stereocenters. The maximum absolute atomic E-state index is 13.7. The summed E-state index contributed by atoms with van der Waals surface area (Å²) in [4.78, 5) is 28.7. The third-order valence-electron chi connectivity index (χ3n) is 7.09. The fraction of sp³-hybridized carbons (Fsp3) is 0.485. The van der Waals surface area contributed by atoms with Crippen LogP contribution in [-0.2, 0) is 14.9 Å². The lowest BCUT2D eigenvalue weighted by Gasteiger charge is -2.26. The Morgan fingerprint density at radius 3 is 2.17 bits per heavy atom. The molecule has 0 saturated carbocycles. The highest BCUT2D eigenvalue weighted by molar-refractivity contribution is 5.97. The first-order valence-corrected chi connectivity index (χ1v) is 14.5. The van der Waals surface area contributed by atoms with Gasteiger partial charge in [-0.3, -0.25) is 4.79 Å². The van der Waals surface area contributed by atoms with Crippen LogP contribution in [-0.4, -0.2) is 53.4 Å². The third kappa shape index (κ3) is 8.19. The fourth-order valence-electron chi connectivity index (χ4n) is 4.71. The predicted molar refractivity (Wildman–Crippen MR) is 167 cm³/mol. The molecule has 0 aliphatic rings. The first-order valence-electron chi connectivity index (χ1n) is 14.5. The van der Waals surface area contributed by atoms with Crippen LogP contribution in [0.4, 0.5) is 16.3 Å². The van der Waals surface area contributed by atoms with Crippen molar-refractivity contribution in [2.45, 2.75) is 79.1 Å². The summed E-state index contributed by atoms with van der Waals surface area (Å²) in [5.74, 6) is 0.730. The molecule has 2 N–H and O–H groups in total. The molecule has 0 spiro atoms. The predicted octanol–water partition coefficient (Wildman–Crippen LogP) is 7.23. The minimum Gasteiger partial charge on any atom is -0.385 e. The molecule has 2 aromatic carbocycles. The molecule has 1 aromatic heterocycles. The molecule has 3 amide bonds. The number of aromatic nitrogens is 2. The highest BCUT2D eigenvalue weighted by Gasteiger charge is 2.25. The van der Waals surface area contributed by atoms with Gasteiger partial charge in [0.15, 0.2) is 0 Å². The lowest BCUT2D eigenvalue weighted by atomic mass is 9.92. The Balaban J connectivity index is 1.89. The van der Waals surface area contributed by atoms with Crippen molar-refractivity contribution in [3.63, 3.8) is 0 Å². The molecule has 0 bridgehead atoms. The van der Waals surface area contributed by atoms with Crippen LogP contribution in [0.3, 0.4) is 0 Å². The number of para-hydroxylation sites is 2. The van der Waals surface area contributed by atoms with E-state index in [0.29, 0.717) is 25.4 Å². The van der Waals surface area contributed by atoms with E-state index < -0.39 is 0 Å². The van der Waals surface area contributed by atoms with Gasteiger partial charge in [-0.05, 0) is 47.9 Å². The Bertz CT molecular complexity index is 1310. The number of benzene rings is 2. The van der Waals surface area contributed by atoms with Crippen molar-refractivity contribution in [2.24, 2.45) is 0 Å². The van der Waals surface area contributed by atoms with Gasteiger partial charge in [-0.25, -0.2) is 9.48 Å². The molecule has 3 rings (SSSR count). The molecule has 3 aromatic rings. The summed E-state index contributed by atoms with van der Waals surface area (Å²) in [6, 6.07) is 15.7. The van der Waals surface area contributed by atoms with Crippen LogP contribution < -0.4 is 10.6 Å². The number of nitrogens with one attached hydrogen (secondary N) is 2. The number of rotatable bonds is 11. The standard InChI is InChI=1S/C33H47N5O3/c1-22(2)25-15-12-16-26(23(3)4)31(25)35-32(40)37(18-13-19-41-9)21-30(39)34-29-20-28(33(6,7)8)36-38(29)27-17-11-10-14-24(27)5/h10-12,14-17,20,22-23H,13,18-19,21H2,1-9H3,(H,34,39)(H,35,40). The van der Waals surface area contributed by atoms with Crippen LogP contribution in [0.5, 0.6) is 0 Å².